The molecule has 1 atom stereocenters. The third kappa shape index (κ3) is 3.26. The average Bonchev–Trinajstić information content (AvgIpc) is 2.20. The number of carboxylic acid groups (broad SMARTS) is 1. The maximum Gasteiger partial charge on any atom is 0.491 e. The van der Waals surface area contributed by atoms with Crippen molar-refractivity contribution in [3.63, 3.8) is 0 Å². The first kappa shape index (κ1) is 13.6. The summed E-state index contributed by atoms with van der Waals surface area (Å²) in [5.41, 5.74) is 4.16. The largest absolute Gasteiger partial charge is 0.491 e. The minimum absolute atomic E-state index is 0.0394. The van der Waals surface area contributed by atoms with Crippen LogP contribution in [0, 0.1) is 5.82 Å². The Morgan fingerprint density at radius 2 is 2.12 bits per heavy atom. The van der Waals surface area contributed by atoms with Crippen molar-refractivity contribution in [2.75, 3.05) is 0 Å². The van der Waals surface area contributed by atoms with Crippen LogP contribution in [0.5, 0.6) is 0 Å². The maximum atomic E-state index is 13.1. The van der Waals surface area contributed by atoms with Gasteiger partial charge in [0.25, 0.3) is 0 Å². The predicted octanol–water partition coefficient (Wildman–Crippen LogP) is -1.15. The molecule has 0 saturated carbocycles. The van der Waals surface area contributed by atoms with Crippen LogP contribution in [0.15, 0.2) is 18.2 Å². The quantitative estimate of drug-likeness (QED) is 0.498. The van der Waals surface area contributed by atoms with Gasteiger partial charge < -0.3 is 20.9 Å². The summed E-state index contributed by atoms with van der Waals surface area (Å²) in [6.07, 6.45) is -0.0394. The Hall–Kier alpha value is -1.44. The lowest BCUT2D eigenvalue weighted by Gasteiger charge is -2.19. The summed E-state index contributed by atoms with van der Waals surface area (Å²) in [7, 11) is -1.94. The number of rotatable bonds is 4. The summed E-state index contributed by atoms with van der Waals surface area (Å²) in [5, 5.41) is 26.6. The van der Waals surface area contributed by atoms with Crippen molar-refractivity contribution in [1.29, 1.82) is 0 Å². The van der Waals surface area contributed by atoms with Gasteiger partial charge in [0, 0.05) is 11.9 Å². The van der Waals surface area contributed by atoms with Crippen molar-refractivity contribution in [2.24, 2.45) is 5.73 Å². The smallest absolute Gasteiger partial charge is 0.480 e. The summed E-state index contributed by atoms with van der Waals surface area (Å²) in [4.78, 5) is 10.8. The van der Waals surface area contributed by atoms with Gasteiger partial charge in [-0.2, -0.15) is 0 Å². The van der Waals surface area contributed by atoms with E-state index in [4.69, 9.17) is 20.9 Å². The number of hydrogen-bond acceptors (Lipinski definition) is 4. The summed E-state index contributed by atoms with van der Waals surface area (Å²) >= 11 is 0. The van der Waals surface area contributed by atoms with Crippen LogP contribution in [0.2, 0.25) is 0 Å². The predicted molar refractivity (Wildman–Crippen MR) is 60.2 cm³/mol. The average molecular weight is 241 g/mol. The molecule has 0 aliphatic carbocycles. The van der Waals surface area contributed by atoms with E-state index < -0.39 is 24.4 Å². The van der Waals surface area contributed by atoms with E-state index in [2.05, 4.69) is 0 Å². The SMILES string of the molecule is C[C@](N)(Cc1ccc(F)c(B(O)O)c1)C(=O)O. The topological polar surface area (TPSA) is 104 Å². The molecule has 0 fully saturated rings. The molecule has 92 valence electrons. The number of benzene rings is 1. The van der Waals surface area contributed by atoms with Gasteiger partial charge >= 0.3 is 13.1 Å². The number of carboxylic acids is 1. The number of halogens is 1. The van der Waals surface area contributed by atoms with Crippen LogP contribution >= 0.6 is 0 Å². The molecule has 0 aliphatic rings. The van der Waals surface area contributed by atoms with Crippen molar-refractivity contribution in [2.45, 2.75) is 18.9 Å². The van der Waals surface area contributed by atoms with Gasteiger partial charge in [-0.15, -0.1) is 0 Å². The third-order valence-electron chi connectivity index (χ3n) is 2.40. The van der Waals surface area contributed by atoms with Gasteiger partial charge in [-0.25, -0.2) is 4.39 Å². The molecule has 7 heteroatoms. The van der Waals surface area contributed by atoms with E-state index in [0.717, 1.165) is 6.07 Å². The first-order valence-electron chi connectivity index (χ1n) is 4.91. The van der Waals surface area contributed by atoms with Gasteiger partial charge in [-0.05, 0) is 18.6 Å². The lowest BCUT2D eigenvalue weighted by Crippen LogP contribution is -2.47. The maximum absolute atomic E-state index is 13.1. The van der Waals surface area contributed by atoms with Crippen molar-refractivity contribution in [3.8, 4) is 0 Å². The normalized spacial score (nSPS) is 14.2. The van der Waals surface area contributed by atoms with E-state index in [1.54, 1.807) is 0 Å². The third-order valence-corrected chi connectivity index (χ3v) is 2.40. The molecule has 0 heterocycles. The number of nitrogens with two attached hydrogens (primary N) is 1. The van der Waals surface area contributed by atoms with Crippen LogP contribution in [0.1, 0.15) is 12.5 Å². The second-order valence-electron chi connectivity index (χ2n) is 4.13. The Morgan fingerprint density at radius 3 is 2.59 bits per heavy atom. The van der Waals surface area contributed by atoms with Gasteiger partial charge in [-0.1, -0.05) is 12.1 Å². The van der Waals surface area contributed by atoms with E-state index in [0.29, 0.717) is 5.56 Å². The minimum Gasteiger partial charge on any atom is -0.480 e. The van der Waals surface area contributed by atoms with Crippen LogP contribution < -0.4 is 11.2 Å². The molecule has 5 N–H and O–H groups in total. The summed E-state index contributed by atoms with van der Waals surface area (Å²) in [5.74, 6) is -1.95. The van der Waals surface area contributed by atoms with E-state index in [-0.39, 0.29) is 11.9 Å². The molecule has 0 radical (unpaired) electrons. The Balaban J connectivity index is 3.01. The first-order chi connectivity index (χ1) is 7.74. The first-order valence-corrected chi connectivity index (χ1v) is 4.91. The summed E-state index contributed by atoms with van der Waals surface area (Å²) in [6.45, 7) is 1.33. The summed E-state index contributed by atoms with van der Waals surface area (Å²) in [6, 6.07) is 3.59. The highest BCUT2D eigenvalue weighted by Crippen LogP contribution is 2.11. The molecular weight excluding hydrogens is 228 g/mol. The zero-order valence-corrected chi connectivity index (χ0v) is 9.22. The van der Waals surface area contributed by atoms with Crippen molar-refractivity contribution in [1.82, 2.24) is 0 Å². The number of hydrogen-bond donors (Lipinski definition) is 4. The minimum atomic E-state index is -1.94. The highest BCUT2D eigenvalue weighted by Gasteiger charge is 2.29. The monoisotopic (exact) mass is 241 g/mol. The van der Waals surface area contributed by atoms with Crippen molar-refractivity contribution in [3.05, 3.63) is 29.6 Å². The number of carbonyl (C=O) groups is 1. The second-order valence-corrected chi connectivity index (χ2v) is 4.13. The number of aliphatic carboxylic acids is 1. The molecule has 17 heavy (non-hydrogen) atoms. The lowest BCUT2D eigenvalue weighted by molar-refractivity contribution is -0.142. The molecule has 0 unspecified atom stereocenters. The van der Waals surface area contributed by atoms with Crippen molar-refractivity contribution < 1.29 is 24.3 Å². The van der Waals surface area contributed by atoms with Crippen LogP contribution in [0.3, 0.4) is 0 Å². The molecule has 1 aromatic rings. The molecule has 0 saturated heterocycles. The molecule has 1 rings (SSSR count). The fourth-order valence-corrected chi connectivity index (χ4v) is 1.40. The van der Waals surface area contributed by atoms with E-state index in [9.17, 15) is 9.18 Å². The Morgan fingerprint density at radius 1 is 1.53 bits per heavy atom. The van der Waals surface area contributed by atoms with E-state index in [1.807, 2.05) is 0 Å². The van der Waals surface area contributed by atoms with Crippen molar-refractivity contribution >= 4 is 18.6 Å². The van der Waals surface area contributed by atoms with Gasteiger partial charge in [0.2, 0.25) is 0 Å². The fourth-order valence-electron chi connectivity index (χ4n) is 1.40. The molecule has 0 bridgehead atoms. The van der Waals surface area contributed by atoms with Crippen LogP contribution in [0.25, 0.3) is 0 Å². The Labute approximate surface area is 97.8 Å². The van der Waals surface area contributed by atoms with Gasteiger partial charge in [0.15, 0.2) is 0 Å². The van der Waals surface area contributed by atoms with Gasteiger partial charge in [-0.3, -0.25) is 4.79 Å². The van der Waals surface area contributed by atoms with Gasteiger partial charge in [0.05, 0.1) is 0 Å². The zero-order valence-electron chi connectivity index (χ0n) is 9.22. The Kier molecular flexibility index (Phi) is 3.87. The lowest BCUT2D eigenvalue weighted by atomic mass is 9.78. The second kappa shape index (κ2) is 4.83. The Bertz CT molecular complexity index is 436. The van der Waals surface area contributed by atoms with Crippen LogP contribution in [-0.4, -0.2) is 33.8 Å². The molecule has 1 aromatic carbocycles. The van der Waals surface area contributed by atoms with E-state index >= 15 is 0 Å². The van der Waals surface area contributed by atoms with Gasteiger partial charge in [0.1, 0.15) is 11.4 Å². The summed E-state index contributed by atoms with van der Waals surface area (Å²) < 4.78 is 13.1. The molecular formula is C10H13BFNO4. The molecule has 0 amide bonds. The highest BCUT2D eigenvalue weighted by molar-refractivity contribution is 6.58. The molecule has 5 nitrogen and oxygen atoms in total. The highest BCUT2D eigenvalue weighted by atomic mass is 19.1. The molecule has 0 aliphatic heterocycles. The molecule has 0 aromatic heterocycles. The van der Waals surface area contributed by atoms with Crippen LogP contribution in [0.4, 0.5) is 4.39 Å². The van der Waals surface area contributed by atoms with Crippen LogP contribution in [-0.2, 0) is 11.2 Å². The van der Waals surface area contributed by atoms with E-state index in [1.165, 1.54) is 19.1 Å². The molecule has 0 spiro atoms. The zero-order chi connectivity index (χ0) is 13.2. The fraction of sp³-hybridized carbons (Fsp3) is 0.300. The standard InChI is InChI=1S/C10H13BFNO4/c1-10(13,9(14)15)5-6-2-3-8(12)7(4-6)11(16)17/h2-4,16-17H,5,13H2,1H3,(H,14,15)/t10-/m0/s1.